The molecule has 0 spiro atoms. The first-order valence-electron chi connectivity index (χ1n) is 7.86. The molecule has 0 aliphatic carbocycles. The van der Waals surface area contributed by atoms with Crippen LogP contribution in [-0.2, 0) is 11.2 Å². The van der Waals surface area contributed by atoms with Gasteiger partial charge in [0.05, 0.1) is 6.20 Å². The van der Waals surface area contributed by atoms with Gasteiger partial charge in [0.1, 0.15) is 5.82 Å². The summed E-state index contributed by atoms with van der Waals surface area (Å²) < 4.78 is 0. The third-order valence-corrected chi connectivity index (χ3v) is 4.17. The van der Waals surface area contributed by atoms with Crippen LogP contribution < -0.4 is 10.6 Å². The van der Waals surface area contributed by atoms with Crippen molar-refractivity contribution in [3.63, 3.8) is 0 Å². The molecule has 0 bridgehead atoms. The molecule has 1 aromatic carbocycles. The zero-order chi connectivity index (χ0) is 16.1. The number of carbonyl (C=O) groups excluding carboxylic acids is 1. The van der Waals surface area contributed by atoms with Crippen molar-refractivity contribution in [1.82, 2.24) is 14.9 Å². The summed E-state index contributed by atoms with van der Waals surface area (Å²) in [5.41, 5.74) is 7.72. The molecule has 1 fully saturated rings. The summed E-state index contributed by atoms with van der Waals surface area (Å²) in [6.07, 6.45) is 6.31. The molecule has 1 aliphatic rings. The molecule has 0 saturated carbocycles. The van der Waals surface area contributed by atoms with Gasteiger partial charge < -0.3 is 15.5 Å². The fourth-order valence-electron chi connectivity index (χ4n) is 2.80. The van der Waals surface area contributed by atoms with Crippen LogP contribution in [0.5, 0.6) is 0 Å². The maximum atomic E-state index is 12.4. The highest BCUT2D eigenvalue weighted by atomic mass is 16.2. The summed E-state index contributed by atoms with van der Waals surface area (Å²) in [7, 11) is 0. The largest absolute Gasteiger partial charge is 0.399 e. The lowest BCUT2D eigenvalue weighted by atomic mass is 10.1. The van der Waals surface area contributed by atoms with Crippen LogP contribution >= 0.6 is 0 Å². The smallest absolute Gasteiger partial charge is 0.223 e. The van der Waals surface area contributed by atoms with Gasteiger partial charge in [0, 0.05) is 50.7 Å². The van der Waals surface area contributed by atoms with Crippen LogP contribution in [0.2, 0.25) is 0 Å². The number of hydrogen-bond acceptors (Lipinski definition) is 5. The molecule has 6 heteroatoms. The average Bonchev–Trinajstić information content (AvgIpc) is 2.62. The zero-order valence-electron chi connectivity index (χ0n) is 13.1. The number of nitrogen functional groups attached to an aromatic ring is 1. The number of aryl methyl sites for hydroxylation is 1. The molecule has 2 N–H and O–H groups in total. The van der Waals surface area contributed by atoms with E-state index >= 15 is 0 Å². The SMILES string of the molecule is Nc1ccccc1CCC(=O)N1CCN(c2cnccn2)CC1. The van der Waals surface area contributed by atoms with E-state index in [1.54, 1.807) is 18.6 Å². The molecule has 3 rings (SSSR count). The van der Waals surface area contributed by atoms with Gasteiger partial charge in [-0.15, -0.1) is 0 Å². The third kappa shape index (κ3) is 3.77. The Balaban J connectivity index is 1.50. The Morgan fingerprint density at radius 2 is 1.91 bits per heavy atom. The lowest BCUT2D eigenvalue weighted by Gasteiger charge is -2.35. The number of hydrogen-bond donors (Lipinski definition) is 1. The Morgan fingerprint density at radius 3 is 2.61 bits per heavy atom. The first-order valence-corrected chi connectivity index (χ1v) is 7.86. The number of aromatic nitrogens is 2. The number of anilines is 2. The molecule has 0 unspecified atom stereocenters. The molecule has 2 heterocycles. The highest BCUT2D eigenvalue weighted by Crippen LogP contribution is 2.15. The van der Waals surface area contributed by atoms with Crippen LogP contribution in [-0.4, -0.2) is 47.0 Å². The van der Waals surface area contributed by atoms with Crippen molar-refractivity contribution in [3.05, 3.63) is 48.4 Å². The van der Waals surface area contributed by atoms with Gasteiger partial charge in [0.2, 0.25) is 5.91 Å². The maximum Gasteiger partial charge on any atom is 0.223 e. The molecule has 1 aliphatic heterocycles. The Morgan fingerprint density at radius 1 is 1.13 bits per heavy atom. The molecule has 1 aromatic heterocycles. The number of piperazine rings is 1. The molecule has 1 saturated heterocycles. The Labute approximate surface area is 135 Å². The van der Waals surface area contributed by atoms with Crippen LogP contribution in [0.3, 0.4) is 0 Å². The minimum absolute atomic E-state index is 0.187. The quantitative estimate of drug-likeness (QED) is 0.862. The van der Waals surface area contributed by atoms with Gasteiger partial charge in [-0.05, 0) is 18.1 Å². The van der Waals surface area contributed by atoms with Crippen molar-refractivity contribution >= 4 is 17.4 Å². The first-order chi connectivity index (χ1) is 11.2. The van der Waals surface area contributed by atoms with E-state index in [1.165, 1.54) is 0 Å². The van der Waals surface area contributed by atoms with E-state index in [0.29, 0.717) is 12.8 Å². The number of para-hydroxylation sites is 1. The monoisotopic (exact) mass is 311 g/mol. The normalized spacial score (nSPS) is 14.8. The molecule has 120 valence electrons. The van der Waals surface area contributed by atoms with Crippen LogP contribution in [0.4, 0.5) is 11.5 Å². The number of amides is 1. The van der Waals surface area contributed by atoms with Crippen LogP contribution in [0.15, 0.2) is 42.9 Å². The molecule has 1 amide bonds. The summed E-state index contributed by atoms with van der Waals surface area (Å²) >= 11 is 0. The van der Waals surface area contributed by atoms with Crippen molar-refractivity contribution < 1.29 is 4.79 Å². The molecular formula is C17H21N5O. The Bertz CT molecular complexity index is 653. The van der Waals surface area contributed by atoms with Gasteiger partial charge in [0.15, 0.2) is 0 Å². The molecule has 23 heavy (non-hydrogen) atoms. The highest BCUT2D eigenvalue weighted by Gasteiger charge is 2.21. The molecular weight excluding hydrogens is 290 g/mol. The number of benzene rings is 1. The van der Waals surface area contributed by atoms with Crippen LogP contribution in [0.1, 0.15) is 12.0 Å². The van der Waals surface area contributed by atoms with Crippen molar-refractivity contribution in [2.75, 3.05) is 36.8 Å². The van der Waals surface area contributed by atoms with Gasteiger partial charge in [0.25, 0.3) is 0 Å². The fourth-order valence-corrected chi connectivity index (χ4v) is 2.80. The average molecular weight is 311 g/mol. The number of rotatable bonds is 4. The standard InChI is InChI=1S/C17H21N5O/c18-15-4-2-1-3-14(15)5-6-17(23)22-11-9-21(10-12-22)16-13-19-7-8-20-16/h1-4,7-8,13H,5-6,9-12,18H2. The summed E-state index contributed by atoms with van der Waals surface area (Å²) in [5.74, 6) is 1.06. The summed E-state index contributed by atoms with van der Waals surface area (Å²) in [6, 6.07) is 7.72. The van der Waals surface area contributed by atoms with E-state index in [4.69, 9.17) is 5.73 Å². The topological polar surface area (TPSA) is 75.4 Å². The Kier molecular flexibility index (Phi) is 4.71. The minimum Gasteiger partial charge on any atom is -0.399 e. The van der Waals surface area contributed by atoms with Crippen LogP contribution in [0.25, 0.3) is 0 Å². The van der Waals surface area contributed by atoms with Gasteiger partial charge in [-0.3, -0.25) is 9.78 Å². The predicted octanol–water partition coefficient (Wildman–Crippen LogP) is 1.34. The summed E-state index contributed by atoms with van der Waals surface area (Å²) in [4.78, 5) is 24.8. The third-order valence-electron chi connectivity index (χ3n) is 4.17. The summed E-state index contributed by atoms with van der Waals surface area (Å²) in [5, 5.41) is 0. The number of nitrogens with zero attached hydrogens (tertiary/aromatic N) is 4. The lowest BCUT2D eigenvalue weighted by molar-refractivity contribution is -0.131. The van der Waals surface area contributed by atoms with E-state index in [9.17, 15) is 4.79 Å². The second-order valence-corrected chi connectivity index (χ2v) is 5.63. The van der Waals surface area contributed by atoms with E-state index in [1.807, 2.05) is 29.2 Å². The first kappa shape index (κ1) is 15.3. The van der Waals surface area contributed by atoms with E-state index < -0.39 is 0 Å². The van der Waals surface area contributed by atoms with Crippen molar-refractivity contribution in [3.8, 4) is 0 Å². The number of nitrogens with two attached hydrogens (primary N) is 1. The minimum atomic E-state index is 0.187. The Hall–Kier alpha value is -2.63. The van der Waals surface area contributed by atoms with Crippen molar-refractivity contribution in [2.24, 2.45) is 0 Å². The van der Waals surface area contributed by atoms with E-state index in [0.717, 1.165) is 43.2 Å². The zero-order valence-corrected chi connectivity index (χ0v) is 13.1. The van der Waals surface area contributed by atoms with Gasteiger partial charge in [-0.2, -0.15) is 0 Å². The second kappa shape index (κ2) is 7.09. The fraction of sp³-hybridized carbons (Fsp3) is 0.353. The highest BCUT2D eigenvalue weighted by molar-refractivity contribution is 5.77. The number of carbonyl (C=O) groups is 1. The van der Waals surface area contributed by atoms with Gasteiger partial charge >= 0.3 is 0 Å². The van der Waals surface area contributed by atoms with E-state index in [2.05, 4.69) is 14.9 Å². The van der Waals surface area contributed by atoms with Crippen LogP contribution in [0, 0.1) is 0 Å². The van der Waals surface area contributed by atoms with Gasteiger partial charge in [-0.25, -0.2) is 4.98 Å². The van der Waals surface area contributed by atoms with Crippen molar-refractivity contribution in [1.29, 1.82) is 0 Å². The second-order valence-electron chi connectivity index (χ2n) is 5.63. The predicted molar refractivity (Wildman–Crippen MR) is 90.0 cm³/mol. The molecule has 0 atom stereocenters. The maximum absolute atomic E-state index is 12.4. The molecule has 6 nitrogen and oxygen atoms in total. The molecule has 2 aromatic rings. The summed E-state index contributed by atoms with van der Waals surface area (Å²) in [6.45, 7) is 3.02. The van der Waals surface area contributed by atoms with E-state index in [-0.39, 0.29) is 5.91 Å². The molecule has 0 radical (unpaired) electrons. The lowest BCUT2D eigenvalue weighted by Crippen LogP contribution is -2.49. The van der Waals surface area contributed by atoms with Crippen molar-refractivity contribution in [2.45, 2.75) is 12.8 Å². The van der Waals surface area contributed by atoms with Gasteiger partial charge in [-0.1, -0.05) is 18.2 Å².